The van der Waals surface area contributed by atoms with Crippen LogP contribution in [0.3, 0.4) is 0 Å². The molecule has 1 aliphatic heterocycles. The number of rotatable bonds is 2. The van der Waals surface area contributed by atoms with Gasteiger partial charge in [0, 0.05) is 29.1 Å². The molecule has 5 heteroatoms. The van der Waals surface area contributed by atoms with Gasteiger partial charge < -0.3 is 5.32 Å². The third-order valence-corrected chi connectivity index (χ3v) is 3.69. The van der Waals surface area contributed by atoms with Crippen LogP contribution in [0.4, 0.5) is 0 Å². The van der Waals surface area contributed by atoms with E-state index in [-0.39, 0.29) is 12.4 Å². The quantitative estimate of drug-likeness (QED) is 0.889. The number of halogens is 3. The maximum absolute atomic E-state index is 6.22. The van der Waals surface area contributed by atoms with Crippen molar-refractivity contribution in [1.82, 2.24) is 10.2 Å². The fourth-order valence-corrected chi connectivity index (χ4v) is 2.68. The van der Waals surface area contributed by atoms with E-state index in [4.69, 9.17) is 11.6 Å². The average molecular weight is 340 g/mol. The van der Waals surface area contributed by atoms with E-state index in [1.165, 1.54) is 12.0 Å². The third-order valence-electron chi connectivity index (χ3n) is 2.84. The molecule has 0 bridgehead atoms. The molecule has 1 fully saturated rings. The summed E-state index contributed by atoms with van der Waals surface area (Å²) in [5.41, 5.74) is 1.21. The Morgan fingerprint density at radius 2 is 2.12 bits per heavy atom. The summed E-state index contributed by atoms with van der Waals surface area (Å²) >= 11 is 9.64. The second kappa shape index (κ2) is 7.59. The highest BCUT2D eigenvalue weighted by atomic mass is 79.9. The Morgan fingerprint density at radius 1 is 1.29 bits per heavy atom. The molecule has 0 saturated carbocycles. The first-order valence-electron chi connectivity index (χ1n) is 5.63. The molecule has 0 radical (unpaired) electrons. The lowest BCUT2D eigenvalue weighted by Crippen LogP contribution is -2.27. The number of benzene rings is 1. The van der Waals surface area contributed by atoms with Gasteiger partial charge in [0.25, 0.3) is 0 Å². The van der Waals surface area contributed by atoms with Crippen molar-refractivity contribution in [2.45, 2.75) is 13.0 Å². The van der Waals surface area contributed by atoms with Gasteiger partial charge in [0.2, 0.25) is 0 Å². The molecule has 1 aromatic rings. The van der Waals surface area contributed by atoms with Crippen LogP contribution < -0.4 is 5.32 Å². The van der Waals surface area contributed by atoms with Gasteiger partial charge in [-0.15, -0.1) is 12.4 Å². The summed E-state index contributed by atoms with van der Waals surface area (Å²) in [4.78, 5) is 2.45. The topological polar surface area (TPSA) is 15.3 Å². The van der Waals surface area contributed by atoms with Gasteiger partial charge in [-0.2, -0.15) is 0 Å². The van der Waals surface area contributed by atoms with Gasteiger partial charge in [0.05, 0.1) is 0 Å². The van der Waals surface area contributed by atoms with E-state index in [2.05, 4.69) is 38.3 Å². The highest BCUT2D eigenvalue weighted by Crippen LogP contribution is 2.22. The van der Waals surface area contributed by atoms with Crippen molar-refractivity contribution in [2.75, 3.05) is 26.2 Å². The maximum Gasteiger partial charge on any atom is 0.0462 e. The number of nitrogens with zero attached hydrogens (tertiary/aromatic N) is 1. The zero-order valence-corrected chi connectivity index (χ0v) is 12.7. The van der Waals surface area contributed by atoms with Crippen LogP contribution in [0.15, 0.2) is 22.7 Å². The van der Waals surface area contributed by atoms with E-state index in [1.54, 1.807) is 0 Å². The van der Waals surface area contributed by atoms with E-state index in [0.29, 0.717) is 0 Å². The molecular weight excluding hydrogens is 323 g/mol. The molecule has 1 N–H and O–H groups in total. The van der Waals surface area contributed by atoms with Crippen molar-refractivity contribution in [3.05, 3.63) is 33.3 Å². The minimum absolute atomic E-state index is 0. The second-order valence-electron chi connectivity index (χ2n) is 4.12. The molecule has 0 aliphatic carbocycles. The van der Waals surface area contributed by atoms with Crippen molar-refractivity contribution in [1.29, 1.82) is 0 Å². The van der Waals surface area contributed by atoms with Gasteiger partial charge in [-0.05, 0) is 37.2 Å². The number of hydrogen-bond donors (Lipinski definition) is 1. The van der Waals surface area contributed by atoms with Crippen molar-refractivity contribution in [3.63, 3.8) is 0 Å². The van der Waals surface area contributed by atoms with Crippen LogP contribution in [0, 0.1) is 0 Å². The van der Waals surface area contributed by atoms with Crippen LogP contribution in [0.5, 0.6) is 0 Å². The highest BCUT2D eigenvalue weighted by molar-refractivity contribution is 9.10. The largest absolute Gasteiger partial charge is 0.315 e. The summed E-state index contributed by atoms with van der Waals surface area (Å²) in [6.45, 7) is 5.41. The first kappa shape index (κ1) is 15.3. The van der Waals surface area contributed by atoms with E-state index >= 15 is 0 Å². The van der Waals surface area contributed by atoms with Gasteiger partial charge in [-0.1, -0.05) is 33.6 Å². The Bertz CT molecular complexity index is 352. The highest BCUT2D eigenvalue weighted by Gasteiger charge is 2.10. The standard InChI is InChI=1S/C12H16BrClN2.ClH/c13-11-3-2-10(12(14)8-11)9-16-6-1-4-15-5-7-16;/h2-3,8,15H,1,4-7,9H2;1H. The summed E-state index contributed by atoms with van der Waals surface area (Å²) in [7, 11) is 0. The lowest BCUT2D eigenvalue weighted by atomic mass is 10.2. The minimum Gasteiger partial charge on any atom is -0.315 e. The summed E-state index contributed by atoms with van der Waals surface area (Å²) in [6.07, 6.45) is 1.22. The molecule has 0 atom stereocenters. The first-order chi connectivity index (χ1) is 7.75. The van der Waals surface area contributed by atoms with Crippen LogP contribution in [0.2, 0.25) is 5.02 Å². The van der Waals surface area contributed by atoms with Gasteiger partial charge >= 0.3 is 0 Å². The smallest absolute Gasteiger partial charge is 0.0462 e. The molecule has 0 spiro atoms. The molecule has 2 nitrogen and oxygen atoms in total. The van der Waals surface area contributed by atoms with E-state index in [9.17, 15) is 0 Å². The Balaban J connectivity index is 0.00000144. The van der Waals surface area contributed by atoms with E-state index in [0.717, 1.165) is 42.2 Å². The molecule has 1 heterocycles. The molecule has 96 valence electrons. The Labute approximate surface area is 122 Å². The molecule has 1 aromatic carbocycles. The zero-order valence-electron chi connectivity index (χ0n) is 9.59. The molecule has 1 saturated heterocycles. The summed E-state index contributed by atoms with van der Waals surface area (Å²) < 4.78 is 1.04. The van der Waals surface area contributed by atoms with Crippen LogP contribution in [-0.2, 0) is 6.54 Å². The third kappa shape index (κ3) is 4.76. The van der Waals surface area contributed by atoms with Crippen LogP contribution in [-0.4, -0.2) is 31.1 Å². The monoisotopic (exact) mass is 338 g/mol. The predicted molar refractivity (Wildman–Crippen MR) is 79.2 cm³/mol. The summed E-state index contributed by atoms with van der Waals surface area (Å²) in [5, 5.41) is 4.26. The van der Waals surface area contributed by atoms with Gasteiger partial charge in [-0.25, -0.2) is 0 Å². The van der Waals surface area contributed by atoms with Gasteiger partial charge in [-0.3, -0.25) is 4.90 Å². The van der Waals surface area contributed by atoms with Crippen molar-refractivity contribution in [2.24, 2.45) is 0 Å². The van der Waals surface area contributed by atoms with Crippen LogP contribution in [0.1, 0.15) is 12.0 Å². The molecule has 1 aliphatic rings. The fourth-order valence-electron chi connectivity index (χ4n) is 1.95. The Hall–Kier alpha value is 0.200. The van der Waals surface area contributed by atoms with Gasteiger partial charge in [0.15, 0.2) is 0 Å². The van der Waals surface area contributed by atoms with Crippen LogP contribution >= 0.6 is 39.9 Å². The summed E-state index contributed by atoms with van der Waals surface area (Å²) in [6, 6.07) is 6.12. The lowest BCUT2D eigenvalue weighted by Gasteiger charge is -2.20. The van der Waals surface area contributed by atoms with Gasteiger partial charge in [0.1, 0.15) is 0 Å². The van der Waals surface area contributed by atoms with Crippen LogP contribution in [0.25, 0.3) is 0 Å². The molecule has 0 aromatic heterocycles. The first-order valence-corrected chi connectivity index (χ1v) is 6.80. The maximum atomic E-state index is 6.22. The normalized spacial score (nSPS) is 17.3. The molecule has 17 heavy (non-hydrogen) atoms. The molecular formula is C12H17BrCl2N2. The molecule has 2 rings (SSSR count). The predicted octanol–water partition coefficient (Wildman–Crippen LogP) is 3.32. The van der Waals surface area contributed by atoms with E-state index < -0.39 is 0 Å². The number of hydrogen-bond acceptors (Lipinski definition) is 2. The van der Waals surface area contributed by atoms with Crippen molar-refractivity contribution < 1.29 is 0 Å². The SMILES string of the molecule is Cl.Clc1cc(Br)ccc1CN1CCCNCC1. The number of nitrogens with one attached hydrogen (secondary N) is 1. The Kier molecular flexibility index (Phi) is 6.82. The van der Waals surface area contributed by atoms with E-state index in [1.807, 2.05) is 6.07 Å². The Morgan fingerprint density at radius 3 is 2.88 bits per heavy atom. The molecule has 0 unspecified atom stereocenters. The second-order valence-corrected chi connectivity index (χ2v) is 5.44. The fraction of sp³-hybridized carbons (Fsp3) is 0.500. The minimum atomic E-state index is 0. The zero-order chi connectivity index (χ0) is 11.4. The average Bonchev–Trinajstić information content (AvgIpc) is 2.51. The van der Waals surface area contributed by atoms with Crippen molar-refractivity contribution >= 4 is 39.9 Å². The summed E-state index contributed by atoms with van der Waals surface area (Å²) in [5.74, 6) is 0. The molecule has 0 amide bonds. The van der Waals surface area contributed by atoms with Crippen molar-refractivity contribution in [3.8, 4) is 0 Å². The lowest BCUT2D eigenvalue weighted by molar-refractivity contribution is 0.284.